The summed E-state index contributed by atoms with van der Waals surface area (Å²) in [5.41, 5.74) is 20.7. The van der Waals surface area contributed by atoms with Crippen molar-refractivity contribution in [3.8, 4) is 0 Å². The van der Waals surface area contributed by atoms with Crippen LogP contribution in [0.5, 0.6) is 0 Å². The van der Waals surface area contributed by atoms with Crippen LogP contribution >= 0.6 is 0 Å². The molecular formula is C22H33N3. The highest BCUT2D eigenvalue weighted by molar-refractivity contribution is 5.35. The fraction of sp³-hybridized carbons (Fsp3) is 0.455. The lowest BCUT2D eigenvalue weighted by Crippen LogP contribution is -2.42. The average molecular weight is 340 g/mol. The molecule has 5 N–H and O–H groups in total. The Bertz CT molecular complexity index is 594. The molecule has 2 atom stereocenters. The predicted molar refractivity (Wildman–Crippen MR) is 108 cm³/mol. The average Bonchev–Trinajstić information content (AvgIpc) is 2.55. The summed E-state index contributed by atoms with van der Waals surface area (Å²) in [4.78, 5) is 0. The number of nitrogens with one attached hydrogen (secondary N) is 1. The van der Waals surface area contributed by atoms with E-state index in [9.17, 15) is 0 Å². The van der Waals surface area contributed by atoms with Gasteiger partial charge in [0.1, 0.15) is 0 Å². The third-order valence-corrected chi connectivity index (χ3v) is 5.03. The van der Waals surface area contributed by atoms with Gasteiger partial charge < -0.3 is 16.8 Å². The topological polar surface area (TPSA) is 64.1 Å². The SMILES string of the molecule is Cc1cccc(C)c1CC(N)CNCC(N)Cc1c(C)cccc1C. The molecule has 0 aliphatic carbocycles. The fourth-order valence-corrected chi connectivity index (χ4v) is 3.46. The maximum absolute atomic E-state index is 6.33. The number of benzene rings is 2. The van der Waals surface area contributed by atoms with Gasteiger partial charge in [-0.05, 0) is 73.9 Å². The van der Waals surface area contributed by atoms with Gasteiger partial charge in [-0.25, -0.2) is 0 Å². The molecule has 0 spiro atoms. The quantitative estimate of drug-likeness (QED) is 0.693. The monoisotopic (exact) mass is 339 g/mol. The van der Waals surface area contributed by atoms with Crippen LogP contribution in [0.25, 0.3) is 0 Å². The van der Waals surface area contributed by atoms with Crippen LogP contribution in [-0.4, -0.2) is 25.2 Å². The summed E-state index contributed by atoms with van der Waals surface area (Å²) in [7, 11) is 0. The van der Waals surface area contributed by atoms with E-state index in [0.29, 0.717) is 0 Å². The van der Waals surface area contributed by atoms with Gasteiger partial charge in [-0.3, -0.25) is 0 Å². The molecule has 3 nitrogen and oxygen atoms in total. The molecule has 0 saturated heterocycles. The van der Waals surface area contributed by atoms with Crippen molar-refractivity contribution in [2.24, 2.45) is 11.5 Å². The van der Waals surface area contributed by atoms with Crippen molar-refractivity contribution in [3.63, 3.8) is 0 Å². The lowest BCUT2D eigenvalue weighted by molar-refractivity contribution is 0.525. The third kappa shape index (κ3) is 5.67. The van der Waals surface area contributed by atoms with Gasteiger partial charge in [0.2, 0.25) is 0 Å². The highest BCUT2D eigenvalue weighted by Gasteiger charge is 2.11. The first-order valence-corrected chi connectivity index (χ1v) is 9.20. The zero-order valence-electron chi connectivity index (χ0n) is 16.1. The zero-order chi connectivity index (χ0) is 18.4. The molecule has 0 aliphatic heterocycles. The van der Waals surface area contributed by atoms with Gasteiger partial charge in [0.25, 0.3) is 0 Å². The van der Waals surface area contributed by atoms with Crippen molar-refractivity contribution in [3.05, 3.63) is 69.8 Å². The Kier molecular flexibility index (Phi) is 7.18. The molecule has 2 aromatic rings. The van der Waals surface area contributed by atoms with Gasteiger partial charge in [0.05, 0.1) is 0 Å². The number of aryl methyl sites for hydroxylation is 4. The van der Waals surface area contributed by atoms with Crippen molar-refractivity contribution in [1.29, 1.82) is 0 Å². The van der Waals surface area contributed by atoms with Gasteiger partial charge in [-0.15, -0.1) is 0 Å². The Balaban J connectivity index is 1.80. The fourth-order valence-electron chi connectivity index (χ4n) is 3.46. The molecule has 0 heterocycles. The van der Waals surface area contributed by atoms with E-state index >= 15 is 0 Å². The lowest BCUT2D eigenvalue weighted by atomic mass is 9.96. The van der Waals surface area contributed by atoms with Crippen LogP contribution in [0.1, 0.15) is 33.4 Å². The first kappa shape index (κ1) is 19.6. The Morgan fingerprint density at radius 2 is 1.00 bits per heavy atom. The molecule has 0 radical (unpaired) electrons. The Morgan fingerprint density at radius 1 is 0.680 bits per heavy atom. The van der Waals surface area contributed by atoms with Crippen molar-refractivity contribution in [2.75, 3.05) is 13.1 Å². The van der Waals surface area contributed by atoms with E-state index in [4.69, 9.17) is 11.5 Å². The van der Waals surface area contributed by atoms with Crippen molar-refractivity contribution in [1.82, 2.24) is 5.32 Å². The summed E-state index contributed by atoms with van der Waals surface area (Å²) < 4.78 is 0. The molecule has 0 aromatic heterocycles. The van der Waals surface area contributed by atoms with E-state index < -0.39 is 0 Å². The smallest absolute Gasteiger partial charge is 0.0206 e. The molecule has 0 fully saturated rings. The van der Waals surface area contributed by atoms with Gasteiger partial charge in [0.15, 0.2) is 0 Å². The second-order valence-corrected chi connectivity index (χ2v) is 7.33. The number of nitrogens with two attached hydrogens (primary N) is 2. The summed E-state index contributed by atoms with van der Waals surface area (Å²) in [6, 6.07) is 13.0. The summed E-state index contributed by atoms with van der Waals surface area (Å²) >= 11 is 0. The highest BCUT2D eigenvalue weighted by Crippen LogP contribution is 2.16. The second kappa shape index (κ2) is 9.14. The van der Waals surface area contributed by atoms with Crippen LogP contribution < -0.4 is 16.8 Å². The predicted octanol–water partition coefficient (Wildman–Crippen LogP) is 2.95. The summed E-state index contributed by atoms with van der Waals surface area (Å²) in [6.07, 6.45) is 1.80. The Hall–Kier alpha value is -1.68. The number of rotatable bonds is 8. The number of hydrogen-bond acceptors (Lipinski definition) is 3. The molecule has 136 valence electrons. The van der Waals surface area contributed by atoms with E-state index in [-0.39, 0.29) is 12.1 Å². The van der Waals surface area contributed by atoms with Crippen LogP contribution in [0.2, 0.25) is 0 Å². The third-order valence-electron chi connectivity index (χ3n) is 5.03. The minimum Gasteiger partial charge on any atom is -0.326 e. The first-order valence-electron chi connectivity index (χ1n) is 9.20. The van der Waals surface area contributed by atoms with Gasteiger partial charge in [-0.2, -0.15) is 0 Å². The molecule has 0 bridgehead atoms. The van der Waals surface area contributed by atoms with Crippen LogP contribution in [0, 0.1) is 27.7 Å². The minimum absolute atomic E-state index is 0.104. The maximum Gasteiger partial charge on any atom is 0.0206 e. The normalized spacial score (nSPS) is 13.7. The molecular weight excluding hydrogens is 306 g/mol. The molecule has 0 saturated carbocycles. The van der Waals surface area contributed by atoms with Crippen LogP contribution in [0.3, 0.4) is 0 Å². The van der Waals surface area contributed by atoms with Crippen LogP contribution in [0.4, 0.5) is 0 Å². The van der Waals surface area contributed by atoms with Crippen molar-refractivity contribution in [2.45, 2.75) is 52.6 Å². The van der Waals surface area contributed by atoms with E-state index in [1.54, 1.807) is 0 Å². The van der Waals surface area contributed by atoms with Crippen molar-refractivity contribution >= 4 is 0 Å². The van der Waals surface area contributed by atoms with E-state index in [2.05, 4.69) is 69.4 Å². The van der Waals surface area contributed by atoms with Gasteiger partial charge in [0, 0.05) is 25.2 Å². The van der Waals surface area contributed by atoms with Gasteiger partial charge >= 0.3 is 0 Å². The first-order chi connectivity index (χ1) is 11.9. The molecule has 2 unspecified atom stereocenters. The maximum atomic E-state index is 6.33. The molecule has 3 heteroatoms. The van der Waals surface area contributed by atoms with E-state index in [1.165, 1.54) is 33.4 Å². The molecule has 0 amide bonds. The summed E-state index contributed by atoms with van der Waals surface area (Å²) in [6.45, 7) is 10.2. The number of hydrogen-bond donors (Lipinski definition) is 3. The minimum atomic E-state index is 0.104. The highest BCUT2D eigenvalue weighted by atomic mass is 14.9. The summed E-state index contributed by atoms with van der Waals surface area (Å²) in [5, 5.41) is 3.45. The van der Waals surface area contributed by atoms with Crippen LogP contribution in [-0.2, 0) is 12.8 Å². The zero-order valence-corrected chi connectivity index (χ0v) is 16.1. The molecule has 2 rings (SSSR count). The van der Waals surface area contributed by atoms with E-state index in [1.807, 2.05) is 0 Å². The van der Waals surface area contributed by atoms with E-state index in [0.717, 1.165) is 25.9 Å². The molecule has 0 aliphatic rings. The standard InChI is InChI=1S/C22H33N3/c1-15-7-5-8-16(2)21(15)11-19(23)13-25-14-20(24)12-22-17(3)9-6-10-18(22)4/h5-10,19-20,25H,11-14,23-24H2,1-4H3. The second-order valence-electron chi connectivity index (χ2n) is 7.33. The van der Waals surface area contributed by atoms with Gasteiger partial charge in [-0.1, -0.05) is 36.4 Å². The summed E-state index contributed by atoms with van der Waals surface area (Å²) in [5.74, 6) is 0. The Labute approximate surface area is 152 Å². The largest absolute Gasteiger partial charge is 0.326 e. The lowest BCUT2D eigenvalue weighted by Gasteiger charge is -2.19. The molecule has 2 aromatic carbocycles. The molecule has 25 heavy (non-hydrogen) atoms. The van der Waals surface area contributed by atoms with Crippen LogP contribution in [0.15, 0.2) is 36.4 Å². The van der Waals surface area contributed by atoms with Crippen molar-refractivity contribution < 1.29 is 0 Å². The Morgan fingerprint density at radius 3 is 1.32 bits per heavy atom.